The molecule has 0 aromatic heterocycles. The minimum Gasteiger partial charge on any atom is -0.378 e. The predicted molar refractivity (Wildman–Crippen MR) is 65.3 cm³/mol. The molecule has 98 valence electrons. The largest absolute Gasteiger partial charge is 0.378 e. The maximum atomic E-state index is 5.99. The smallest absolute Gasteiger partial charge is 0.0939 e. The molecule has 4 heteroatoms. The van der Waals surface area contributed by atoms with Gasteiger partial charge in [0.05, 0.1) is 12.2 Å². The number of ether oxygens (including phenoxy) is 2. The Morgan fingerprint density at radius 1 is 1.18 bits per heavy atom. The summed E-state index contributed by atoms with van der Waals surface area (Å²) in [5, 5.41) is 0. The van der Waals surface area contributed by atoms with Gasteiger partial charge in [-0.25, -0.2) is 0 Å². The van der Waals surface area contributed by atoms with Crippen LogP contribution >= 0.6 is 0 Å². The highest BCUT2D eigenvalue weighted by Gasteiger charge is 2.44. The topological polar surface area (TPSA) is 56.5 Å². The van der Waals surface area contributed by atoms with Gasteiger partial charge in [0, 0.05) is 25.7 Å². The van der Waals surface area contributed by atoms with Gasteiger partial charge in [-0.15, -0.1) is 0 Å². The average Bonchev–Trinajstić information content (AvgIpc) is 2.71. The summed E-state index contributed by atoms with van der Waals surface area (Å²) in [6.45, 7) is 2.52. The molecular weight excluding hydrogens is 216 g/mol. The number of nitrogens with two attached hydrogens (primary N) is 1. The molecule has 1 aliphatic carbocycles. The van der Waals surface area contributed by atoms with Crippen molar-refractivity contribution in [1.82, 2.24) is 5.43 Å². The summed E-state index contributed by atoms with van der Waals surface area (Å²) in [4.78, 5) is 0. The first-order chi connectivity index (χ1) is 8.33. The highest BCUT2D eigenvalue weighted by atomic mass is 16.6. The van der Waals surface area contributed by atoms with Gasteiger partial charge in [0.2, 0.25) is 0 Å². The zero-order valence-corrected chi connectivity index (χ0v) is 10.5. The zero-order valence-electron chi connectivity index (χ0n) is 10.5. The molecule has 2 saturated heterocycles. The molecule has 1 spiro atoms. The van der Waals surface area contributed by atoms with Gasteiger partial charge >= 0.3 is 0 Å². The summed E-state index contributed by atoms with van der Waals surface area (Å²) in [5.41, 5.74) is 3.10. The molecule has 3 rings (SSSR count). The molecule has 1 saturated carbocycles. The maximum absolute atomic E-state index is 5.99. The first-order valence-corrected chi connectivity index (χ1v) is 7.01. The lowest BCUT2D eigenvalue weighted by molar-refractivity contribution is -0.107. The lowest BCUT2D eigenvalue weighted by Crippen LogP contribution is -2.53. The third-order valence-corrected chi connectivity index (χ3v) is 4.96. The number of hydrogen-bond donors (Lipinski definition) is 2. The maximum Gasteiger partial charge on any atom is 0.0939 e. The molecule has 0 radical (unpaired) electrons. The van der Waals surface area contributed by atoms with Crippen molar-refractivity contribution in [3.8, 4) is 0 Å². The summed E-state index contributed by atoms with van der Waals surface area (Å²) in [6, 6.07) is 0.491. The predicted octanol–water partition coefficient (Wildman–Crippen LogP) is 1.20. The van der Waals surface area contributed by atoms with Crippen LogP contribution in [-0.2, 0) is 9.47 Å². The molecule has 3 fully saturated rings. The lowest BCUT2D eigenvalue weighted by atomic mass is 9.70. The Hall–Kier alpha value is -0.160. The highest BCUT2D eigenvalue weighted by Crippen LogP contribution is 2.41. The molecule has 0 aromatic carbocycles. The quantitative estimate of drug-likeness (QED) is 0.575. The summed E-state index contributed by atoms with van der Waals surface area (Å²) in [5.74, 6) is 7.24. The Balaban J connectivity index is 1.65. The van der Waals surface area contributed by atoms with Crippen molar-refractivity contribution in [1.29, 1.82) is 0 Å². The molecule has 0 aromatic rings. The third-order valence-electron chi connectivity index (χ3n) is 4.96. The van der Waals surface area contributed by atoms with Gasteiger partial charge in [-0.2, -0.15) is 0 Å². The van der Waals surface area contributed by atoms with Crippen molar-refractivity contribution >= 4 is 0 Å². The van der Waals surface area contributed by atoms with E-state index < -0.39 is 0 Å². The van der Waals surface area contributed by atoms with E-state index in [2.05, 4.69) is 5.43 Å². The second kappa shape index (κ2) is 4.84. The van der Waals surface area contributed by atoms with Crippen LogP contribution < -0.4 is 11.3 Å². The van der Waals surface area contributed by atoms with E-state index in [0.29, 0.717) is 12.0 Å². The molecule has 17 heavy (non-hydrogen) atoms. The molecule has 0 amide bonds. The molecule has 0 bridgehead atoms. The monoisotopic (exact) mass is 240 g/mol. The lowest BCUT2D eigenvalue weighted by Gasteiger charge is -2.44. The average molecular weight is 240 g/mol. The van der Waals surface area contributed by atoms with Gasteiger partial charge in [0.15, 0.2) is 0 Å². The summed E-state index contributed by atoms with van der Waals surface area (Å²) in [6.07, 6.45) is 7.39. The Morgan fingerprint density at radius 3 is 2.65 bits per heavy atom. The number of hydrazine groups is 1. The van der Waals surface area contributed by atoms with Gasteiger partial charge in [0.25, 0.3) is 0 Å². The highest BCUT2D eigenvalue weighted by molar-refractivity contribution is 4.96. The van der Waals surface area contributed by atoms with Gasteiger partial charge in [-0.05, 0) is 37.5 Å². The van der Waals surface area contributed by atoms with Crippen LogP contribution in [0.3, 0.4) is 0 Å². The molecule has 4 nitrogen and oxygen atoms in total. The first kappa shape index (κ1) is 11.9. The molecular formula is C13H24N2O2. The van der Waals surface area contributed by atoms with Crippen LogP contribution in [0.5, 0.6) is 0 Å². The van der Waals surface area contributed by atoms with Crippen LogP contribution in [0.15, 0.2) is 0 Å². The summed E-state index contributed by atoms with van der Waals surface area (Å²) >= 11 is 0. The van der Waals surface area contributed by atoms with Crippen LogP contribution in [0.4, 0.5) is 0 Å². The van der Waals surface area contributed by atoms with Crippen molar-refractivity contribution in [2.24, 2.45) is 17.7 Å². The Bertz CT molecular complexity index is 262. The van der Waals surface area contributed by atoms with Gasteiger partial charge in [-0.3, -0.25) is 11.3 Å². The van der Waals surface area contributed by atoms with Crippen molar-refractivity contribution in [3.63, 3.8) is 0 Å². The molecule has 3 unspecified atom stereocenters. The van der Waals surface area contributed by atoms with Crippen LogP contribution in [0.2, 0.25) is 0 Å². The fourth-order valence-corrected chi connectivity index (χ4v) is 3.69. The normalized spacial score (nSPS) is 40.4. The van der Waals surface area contributed by atoms with Crippen LogP contribution in [0.25, 0.3) is 0 Å². The fraction of sp³-hybridized carbons (Fsp3) is 1.00. The van der Waals surface area contributed by atoms with Gasteiger partial charge in [-0.1, -0.05) is 6.42 Å². The Labute approximate surface area is 103 Å². The minimum absolute atomic E-state index is 0.0156. The first-order valence-electron chi connectivity index (χ1n) is 7.01. The second-order valence-electron chi connectivity index (χ2n) is 5.97. The third kappa shape index (κ3) is 2.24. The minimum atomic E-state index is 0.0156. The van der Waals surface area contributed by atoms with E-state index in [0.717, 1.165) is 45.0 Å². The van der Waals surface area contributed by atoms with Gasteiger partial charge in [0.1, 0.15) is 0 Å². The summed E-state index contributed by atoms with van der Waals surface area (Å²) < 4.78 is 11.5. The van der Waals surface area contributed by atoms with Gasteiger partial charge < -0.3 is 9.47 Å². The van der Waals surface area contributed by atoms with Crippen molar-refractivity contribution < 1.29 is 9.47 Å². The van der Waals surface area contributed by atoms with E-state index in [4.69, 9.17) is 15.3 Å². The summed E-state index contributed by atoms with van der Waals surface area (Å²) in [7, 11) is 0. The number of hydrogen-bond acceptors (Lipinski definition) is 4. The molecule has 3 atom stereocenters. The van der Waals surface area contributed by atoms with E-state index in [1.807, 2.05) is 0 Å². The van der Waals surface area contributed by atoms with E-state index in [1.54, 1.807) is 0 Å². The van der Waals surface area contributed by atoms with E-state index in [1.165, 1.54) is 19.3 Å². The SMILES string of the molecule is NNC(C1CCC1)C1CCOC2(CCOC2)C1. The number of rotatable bonds is 3. The Morgan fingerprint density at radius 2 is 2.06 bits per heavy atom. The van der Waals surface area contributed by atoms with Crippen LogP contribution in [0, 0.1) is 11.8 Å². The second-order valence-corrected chi connectivity index (χ2v) is 5.97. The molecule has 3 N–H and O–H groups in total. The van der Waals surface area contributed by atoms with Crippen LogP contribution in [0.1, 0.15) is 38.5 Å². The zero-order chi connectivity index (χ0) is 11.7. The van der Waals surface area contributed by atoms with Crippen molar-refractivity contribution in [2.45, 2.75) is 50.2 Å². The molecule has 2 heterocycles. The Kier molecular flexibility index (Phi) is 3.39. The van der Waals surface area contributed by atoms with Crippen molar-refractivity contribution in [2.75, 3.05) is 19.8 Å². The van der Waals surface area contributed by atoms with Crippen molar-refractivity contribution in [3.05, 3.63) is 0 Å². The van der Waals surface area contributed by atoms with E-state index in [-0.39, 0.29) is 5.60 Å². The fourth-order valence-electron chi connectivity index (χ4n) is 3.69. The molecule has 3 aliphatic rings. The standard InChI is InChI=1S/C13H24N2O2/c14-15-12(10-2-1-3-10)11-4-6-17-13(8-11)5-7-16-9-13/h10-12,15H,1-9,14H2. The number of nitrogens with one attached hydrogen (secondary N) is 1. The van der Waals surface area contributed by atoms with E-state index >= 15 is 0 Å². The van der Waals surface area contributed by atoms with E-state index in [9.17, 15) is 0 Å². The molecule has 2 aliphatic heterocycles. The van der Waals surface area contributed by atoms with Crippen LogP contribution in [-0.4, -0.2) is 31.5 Å².